The fourth-order valence-corrected chi connectivity index (χ4v) is 3.28. The zero-order valence-corrected chi connectivity index (χ0v) is 17.3. The molecule has 0 fully saturated rings. The van der Waals surface area contributed by atoms with Gasteiger partial charge in [-0.05, 0) is 48.2 Å². The first-order valence-electron chi connectivity index (χ1n) is 10.1. The summed E-state index contributed by atoms with van der Waals surface area (Å²) >= 11 is 0. The first-order valence-corrected chi connectivity index (χ1v) is 10.1. The topological polar surface area (TPSA) is 54.0 Å². The molecule has 0 aliphatic rings. The maximum absolute atomic E-state index is 13.3. The molecule has 0 aliphatic carbocycles. The van der Waals surface area contributed by atoms with Gasteiger partial charge in [-0.1, -0.05) is 49.4 Å². The van der Waals surface area contributed by atoms with E-state index in [0.717, 1.165) is 18.1 Å². The summed E-state index contributed by atoms with van der Waals surface area (Å²) in [5.74, 6) is 0.449. The molecule has 1 amide bonds. The third-order valence-corrected chi connectivity index (χ3v) is 4.87. The lowest BCUT2D eigenvalue weighted by molar-refractivity contribution is -0.137. The molecule has 2 N–H and O–H groups in total. The first-order chi connectivity index (χ1) is 14.8. The highest BCUT2D eigenvalue weighted by Gasteiger charge is 2.33. The lowest BCUT2D eigenvalue weighted by atomic mass is 9.97. The highest BCUT2D eigenvalue weighted by Crippen LogP contribution is 2.37. The lowest BCUT2D eigenvalue weighted by Gasteiger charge is -2.18. The van der Waals surface area contributed by atoms with Crippen LogP contribution < -0.4 is 10.6 Å². The SMILES string of the molecule is CCCC(=O)Nc1cccnc1NC(C)c1ccc(-c2ccccc2C(F)(F)F)cc1. The van der Waals surface area contributed by atoms with Crippen LogP contribution in [0.1, 0.15) is 43.9 Å². The smallest absolute Gasteiger partial charge is 0.362 e. The lowest BCUT2D eigenvalue weighted by Crippen LogP contribution is -2.15. The van der Waals surface area contributed by atoms with Crippen LogP contribution in [0.4, 0.5) is 24.7 Å². The Morgan fingerprint density at radius 3 is 2.42 bits per heavy atom. The van der Waals surface area contributed by atoms with E-state index >= 15 is 0 Å². The second kappa shape index (κ2) is 9.64. The number of carbonyl (C=O) groups excluding carboxylic acids is 1. The standard InChI is InChI=1S/C24H24F3N3O/c1-3-7-22(31)30-21-10-6-15-28-23(21)29-16(2)17-11-13-18(14-12-17)19-8-4-5-9-20(19)24(25,26)27/h4-6,8-16H,3,7H2,1-2H3,(H,28,29)(H,30,31). The van der Waals surface area contributed by atoms with E-state index in [1.54, 1.807) is 48.7 Å². The summed E-state index contributed by atoms with van der Waals surface area (Å²) in [6.07, 6.45) is -1.62. The minimum Gasteiger partial charge on any atom is -0.362 e. The third kappa shape index (κ3) is 5.63. The van der Waals surface area contributed by atoms with Gasteiger partial charge in [0, 0.05) is 12.6 Å². The van der Waals surface area contributed by atoms with Crippen molar-refractivity contribution in [3.8, 4) is 11.1 Å². The molecule has 7 heteroatoms. The quantitative estimate of drug-likeness (QED) is 0.442. The van der Waals surface area contributed by atoms with Crippen molar-refractivity contribution in [2.45, 2.75) is 38.9 Å². The molecule has 3 rings (SSSR count). The Bertz CT molecular complexity index is 1030. The van der Waals surface area contributed by atoms with Crippen LogP contribution in [0.2, 0.25) is 0 Å². The molecule has 0 saturated heterocycles. The minimum atomic E-state index is -4.41. The highest BCUT2D eigenvalue weighted by atomic mass is 19.4. The van der Waals surface area contributed by atoms with Crippen LogP contribution in [0, 0.1) is 0 Å². The molecule has 1 heterocycles. The number of nitrogens with one attached hydrogen (secondary N) is 2. The number of alkyl halides is 3. The Hall–Kier alpha value is -3.35. The number of hydrogen-bond acceptors (Lipinski definition) is 3. The van der Waals surface area contributed by atoms with E-state index in [0.29, 0.717) is 23.5 Å². The molecule has 0 spiro atoms. The molecule has 1 aromatic heterocycles. The number of pyridine rings is 1. The van der Waals surface area contributed by atoms with Gasteiger partial charge in [-0.3, -0.25) is 4.79 Å². The summed E-state index contributed by atoms with van der Waals surface area (Å²) in [6.45, 7) is 3.85. The minimum absolute atomic E-state index is 0.0844. The van der Waals surface area contributed by atoms with Crippen LogP contribution in [-0.4, -0.2) is 10.9 Å². The van der Waals surface area contributed by atoms with E-state index < -0.39 is 11.7 Å². The van der Waals surface area contributed by atoms with Crippen molar-refractivity contribution < 1.29 is 18.0 Å². The number of amides is 1. The number of benzene rings is 2. The number of anilines is 2. The largest absolute Gasteiger partial charge is 0.417 e. The first kappa shape index (κ1) is 22.3. The number of aromatic nitrogens is 1. The van der Waals surface area contributed by atoms with Crippen molar-refractivity contribution in [1.82, 2.24) is 4.98 Å². The predicted octanol–water partition coefficient (Wildman–Crippen LogP) is 6.68. The Kier molecular flexibility index (Phi) is 6.95. The molecule has 4 nitrogen and oxygen atoms in total. The zero-order valence-electron chi connectivity index (χ0n) is 17.3. The number of carbonyl (C=O) groups is 1. The summed E-state index contributed by atoms with van der Waals surface area (Å²) in [7, 11) is 0. The Morgan fingerprint density at radius 2 is 1.74 bits per heavy atom. The van der Waals surface area contributed by atoms with E-state index in [1.165, 1.54) is 12.1 Å². The van der Waals surface area contributed by atoms with Gasteiger partial charge in [-0.25, -0.2) is 4.98 Å². The van der Waals surface area contributed by atoms with Crippen molar-refractivity contribution in [1.29, 1.82) is 0 Å². The number of hydrogen-bond donors (Lipinski definition) is 2. The fourth-order valence-electron chi connectivity index (χ4n) is 3.28. The average Bonchev–Trinajstić information content (AvgIpc) is 2.75. The molecule has 3 aromatic rings. The normalized spacial score (nSPS) is 12.3. The summed E-state index contributed by atoms with van der Waals surface area (Å²) in [5.41, 5.74) is 1.45. The van der Waals surface area contributed by atoms with E-state index in [2.05, 4.69) is 15.6 Å². The summed E-state index contributed by atoms with van der Waals surface area (Å²) in [5, 5.41) is 6.11. The maximum atomic E-state index is 13.3. The van der Waals surface area contributed by atoms with Crippen LogP contribution in [0.25, 0.3) is 11.1 Å². The molecule has 2 aromatic carbocycles. The van der Waals surface area contributed by atoms with Crippen LogP contribution in [0.15, 0.2) is 66.9 Å². The van der Waals surface area contributed by atoms with Gasteiger partial charge < -0.3 is 10.6 Å². The molecule has 1 unspecified atom stereocenters. The van der Waals surface area contributed by atoms with Crippen molar-refractivity contribution in [2.24, 2.45) is 0 Å². The third-order valence-electron chi connectivity index (χ3n) is 4.87. The Morgan fingerprint density at radius 1 is 1.03 bits per heavy atom. The van der Waals surface area contributed by atoms with E-state index in [-0.39, 0.29) is 17.5 Å². The predicted molar refractivity (Wildman–Crippen MR) is 117 cm³/mol. The second-order valence-electron chi connectivity index (χ2n) is 7.23. The summed E-state index contributed by atoms with van der Waals surface area (Å²) < 4.78 is 39.9. The van der Waals surface area contributed by atoms with Crippen molar-refractivity contribution in [3.63, 3.8) is 0 Å². The second-order valence-corrected chi connectivity index (χ2v) is 7.23. The Balaban J connectivity index is 1.79. The van der Waals surface area contributed by atoms with Crippen LogP contribution in [-0.2, 0) is 11.0 Å². The van der Waals surface area contributed by atoms with E-state index in [1.807, 2.05) is 13.8 Å². The van der Waals surface area contributed by atoms with Gasteiger partial charge in [-0.2, -0.15) is 13.2 Å². The van der Waals surface area contributed by atoms with Gasteiger partial charge >= 0.3 is 6.18 Å². The number of halogens is 3. The number of nitrogens with zero attached hydrogens (tertiary/aromatic N) is 1. The van der Waals surface area contributed by atoms with Crippen molar-refractivity contribution in [2.75, 3.05) is 10.6 Å². The summed E-state index contributed by atoms with van der Waals surface area (Å²) in [4.78, 5) is 16.3. The molecule has 1 atom stereocenters. The summed E-state index contributed by atoms with van der Waals surface area (Å²) in [6, 6.07) is 15.8. The molecule has 0 bridgehead atoms. The molecule has 0 aliphatic heterocycles. The monoisotopic (exact) mass is 427 g/mol. The van der Waals surface area contributed by atoms with E-state index in [9.17, 15) is 18.0 Å². The molecular weight excluding hydrogens is 403 g/mol. The van der Waals surface area contributed by atoms with Gasteiger partial charge in [0.25, 0.3) is 0 Å². The number of rotatable bonds is 7. The average molecular weight is 427 g/mol. The maximum Gasteiger partial charge on any atom is 0.417 e. The Labute approximate surface area is 179 Å². The van der Waals surface area contributed by atoms with Gasteiger partial charge in [0.2, 0.25) is 5.91 Å². The molecule has 162 valence electrons. The highest BCUT2D eigenvalue weighted by molar-refractivity contribution is 5.93. The van der Waals surface area contributed by atoms with Crippen LogP contribution in [0.5, 0.6) is 0 Å². The van der Waals surface area contributed by atoms with Gasteiger partial charge in [0.15, 0.2) is 0 Å². The van der Waals surface area contributed by atoms with Crippen molar-refractivity contribution >= 4 is 17.4 Å². The molecule has 31 heavy (non-hydrogen) atoms. The molecular formula is C24H24F3N3O. The fraction of sp³-hybridized carbons (Fsp3) is 0.250. The van der Waals surface area contributed by atoms with Crippen LogP contribution >= 0.6 is 0 Å². The van der Waals surface area contributed by atoms with Gasteiger partial charge in [0.1, 0.15) is 5.82 Å². The molecule has 0 radical (unpaired) electrons. The van der Waals surface area contributed by atoms with Gasteiger partial charge in [0.05, 0.1) is 17.3 Å². The van der Waals surface area contributed by atoms with Crippen molar-refractivity contribution in [3.05, 3.63) is 78.0 Å². The van der Waals surface area contributed by atoms with E-state index in [4.69, 9.17) is 0 Å². The van der Waals surface area contributed by atoms with Crippen LogP contribution in [0.3, 0.4) is 0 Å². The van der Waals surface area contributed by atoms with Gasteiger partial charge in [-0.15, -0.1) is 0 Å². The molecule has 0 saturated carbocycles. The zero-order chi connectivity index (χ0) is 22.4.